The van der Waals surface area contributed by atoms with Crippen molar-refractivity contribution >= 4 is 17.3 Å². The van der Waals surface area contributed by atoms with Gasteiger partial charge >= 0.3 is 5.97 Å². The van der Waals surface area contributed by atoms with Gasteiger partial charge in [0.05, 0.1) is 0 Å². The minimum atomic E-state index is -1.00. The second-order valence-corrected chi connectivity index (χ2v) is 3.14. The second kappa shape index (κ2) is 2.98. The van der Waals surface area contributed by atoms with Gasteiger partial charge in [-0.15, -0.1) is 11.3 Å². The highest BCUT2D eigenvalue weighted by Gasteiger charge is 2.09. The Bertz CT molecular complexity index is 421. The fourth-order valence-electron chi connectivity index (χ4n) is 0.877. The summed E-state index contributed by atoms with van der Waals surface area (Å²) < 4.78 is 1.66. The number of hydrogen-bond acceptors (Lipinski definition) is 4. The van der Waals surface area contributed by atoms with Crippen LogP contribution in [0.25, 0.3) is 5.82 Å². The Labute approximate surface area is 77.3 Å². The molecule has 0 aliphatic carbocycles. The van der Waals surface area contributed by atoms with Gasteiger partial charge in [-0.3, -0.25) is 4.57 Å². The molecule has 0 aliphatic rings. The van der Waals surface area contributed by atoms with E-state index < -0.39 is 5.97 Å². The molecule has 0 radical (unpaired) electrons. The molecule has 2 heterocycles. The Morgan fingerprint density at radius 2 is 2.46 bits per heavy atom. The highest BCUT2D eigenvalue weighted by atomic mass is 32.1. The third-order valence-corrected chi connectivity index (χ3v) is 2.26. The molecule has 2 aromatic heterocycles. The third-order valence-electron chi connectivity index (χ3n) is 1.44. The minimum Gasteiger partial charge on any atom is -0.476 e. The molecule has 13 heavy (non-hydrogen) atoms. The monoisotopic (exact) mass is 195 g/mol. The zero-order valence-electron chi connectivity index (χ0n) is 6.41. The molecule has 0 saturated carbocycles. The summed E-state index contributed by atoms with van der Waals surface area (Å²) in [5.41, 5.74) is 0. The first-order valence-corrected chi connectivity index (χ1v) is 4.32. The fraction of sp³-hybridized carbons (Fsp3) is 0. The molecule has 2 aromatic rings. The number of aromatic carboxylic acids is 1. The number of hydrogen-bond donors (Lipinski definition) is 1. The first kappa shape index (κ1) is 7.93. The zero-order valence-corrected chi connectivity index (χ0v) is 7.23. The van der Waals surface area contributed by atoms with Crippen molar-refractivity contribution in [2.45, 2.75) is 0 Å². The molecule has 66 valence electrons. The summed E-state index contributed by atoms with van der Waals surface area (Å²) in [5, 5.41) is 10.4. The Morgan fingerprint density at radius 3 is 3.00 bits per heavy atom. The summed E-state index contributed by atoms with van der Waals surface area (Å²) in [5.74, 6) is -0.420. The van der Waals surface area contributed by atoms with Crippen LogP contribution >= 0.6 is 11.3 Å². The smallest absolute Gasteiger partial charge is 0.365 e. The molecule has 2 rings (SSSR count). The predicted octanol–water partition coefficient (Wildman–Crippen LogP) is 1.03. The summed E-state index contributed by atoms with van der Waals surface area (Å²) in [6.07, 6.45) is 4.89. The van der Waals surface area contributed by atoms with Gasteiger partial charge in [-0.25, -0.2) is 14.8 Å². The van der Waals surface area contributed by atoms with E-state index in [4.69, 9.17) is 5.11 Å². The summed E-state index contributed by atoms with van der Waals surface area (Å²) in [4.78, 5) is 18.2. The lowest BCUT2D eigenvalue weighted by atomic mass is 10.7. The molecule has 0 unspecified atom stereocenters. The van der Waals surface area contributed by atoms with Gasteiger partial charge in [0.25, 0.3) is 0 Å². The van der Waals surface area contributed by atoms with Crippen molar-refractivity contribution in [1.82, 2.24) is 14.5 Å². The van der Waals surface area contributed by atoms with Crippen LogP contribution in [0.1, 0.15) is 9.80 Å². The van der Waals surface area contributed by atoms with Crippen molar-refractivity contribution < 1.29 is 9.90 Å². The lowest BCUT2D eigenvalue weighted by Crippen LogP contribution is -1.96. The van der Waals surface area contributed by atoms with Crippen molar-refractivity contribution in [2.75, 3.05) is 0 Å². The van der Waals surface area contributed by atoms with Crippen LogP contribution in [0.15, 0.2) is 24.1 Å². The fourth-order valence-corrected chi connectivity index (χ4v) is 1.52. The number of thiazole rings is 1. The SMILES string of the molecule is O=C(O)c1nc(-n2ccnc2)cs1. The normalized spacial score (nSPS) is 10.2. The molecule has 0 saturated heterocycles. The molecule has 0 atom stereocenters. The molecule has 0 bridgehead atoms. The molecule has 6 heteroatoms. The number of rotatable bonds is 2. The van der Waals surface area contributed by atoms with Gasteiger partial charge in [0.2, 0.25) is 5.01 Å². The van der Waals surface area contributed by atoms with Gasteiger partial charge in [0.15, 0.2) is 0 Å². The topological polar surface area (TPSA) is 68.0 Å². The van der Waals surface area contributed by atoms with Crippen molar-refractivity contribution in [1.29, 1.82) is 0 Å². The number of aromatic nitrogens is 3. The van der Waals surface area contributed by atoms with Gasteiger partial charge in [-0.1, -0.05) is 0 Å². The van der Waals surface area contributed by atoms with Crippen LogP contribution in [0.2, 0.25) is 0 Å². The Hall–Kier alpha value is -1.69. The maximum atomic E-state index is 10.5. The molecule has 0 fully saturated rings. The molecular weight excluding hydrogens is 190 g/mol. The summed E-state index contributed by atoms with van der Waals surface area (Å²) in [7, 11) is 0. The van der Waals surface area contributed by atoms with E-state index in [1.54, 1.807) is 28.7 Å². The summed E-state index contributed by atoms with van der Waals surface area (Å²) in [6, 6.07) is 0. The number of nitrogens with zero attached hydrogens (tertiary/aromatic N) is 3. The molecule has 0 spiro atoms. The zero-order chi connectivity index (χ0) is 9.26. The van der Waals surface area contributed by atoms with E-state index in [1.165, 1.54) is 0 Å². The molecule has 0 amide bonds. The lowest BCUT2D eigenvalue weighted by molar-refractivity contribution is 0.0696. The Morgan fingerprint density at radius 1 is 1.62 bits per heavy atom. The van der Waals surface area contributed by atoms with Crippen LogP contribution < -0.4 is 0 Å². The summed E-state index contributed by atoms with van der Waals surface area (Å²) >= 11 is 1.10. The lowest BCUT2D eigenvalue weighted by Gasteiger charge is -1.91. The van der Waals surface area contributed by atoms with Crippen molar-refractivity contribution in [3.63, 3.8) is 0 Å². The van der Waals surface area contributed by atoms with E-state index in [0.29, 0.717) is 5.82 Å². The molecule has 1 N–H and O–H groups in total. The molecule has 0 aromatic carbocycles. The first-order valence-electron chi connectivity index (χ1n) is 3.44. The number of carboxylic acid groups (broad SMARTS) is 1. The van der Waals surface area contributed by atoms with Crippen molar-refractivity contribution in [3.05, 3.63) is 29.1 Å². The van der Waals surface area contributed by atoms with Crippen LogP contribution in [0.3, 0.4) is 0 Å². The molecule has 0 aliphatic heterocycles. The average molecular weight is 195 g/mol. The number of imidazole rings is 1. The number of carbonyl (C=O) groups is 1. The van der Waals surface area contributed by atoms with Crippen molar-refractivity contribution in [2.24, 2.45) is 0 Å². The van der Waals surface area contributed by atoms with Crippen LogP contribution in [0.4, 0.5) is 0 Å². The van der Waals surface area contributed by atoms with E-state index in [-0.39, 0.29) is 5.01 Å². The maximum absolute atomic E-state index is 10.5. The first-order chi connectivity index (χ1) is 6.27. The van der Waals surface area contributed by atoms with E-state index >= 15 is 0 Å². The maximum Gasteiger partial charge on any atom is 0.365 e. The Balaban J connectivity index is 2.39. The summed E-state index contributed by atoms with van der Waals surface area (Å²) in [6.45, 7) is 0. The van der Waals surface area contributed by atoms with E-state index in [1.807, 2.05) is 0 Å². The van der Waals surface area contributed by atoms with E-state index in [0.717, 1.165) is 11.3 Å². The van der Waals surface area contributed by atoms with Gasteiger partial charge < -0.3 is 5.11 Å². The third kappa shape index (κ3) is 1.43. The van der Waals surface area contributed by atoms with Gasteiger partial charge in [0, 0.05) is 17.8 Å². The molecular formula is C7H5N3O2S. The highest BCUT2D eigenvalue weighted by molar-refractivity contribution is 7.11. The van der Waals surface area contributed by atoms with Crippen molar-refractivity contribution in [3.8, 4) is 5.82 Å². The minimum absolute atomic E-state index is 0.0868. The van der Waals surface area contributed by atoms with E-state index in [9.17, 15) is 4.79 Å². The largest absolute Gasteiger partial charge is 0.476 e. The van der Waals surface area contributed by atoms with Gasteiger partial charge in [-0.05, 0) is 0 Å². The van der Waals surface area contributed by atoms with Crippen LogP contribution in [0, 0.1) is 0 Å². The predicted molar refractivity (Wildman–Crippen MR) is 46.2 cm³/mol. The quantitative estimate of drug-likeness (QED) is 0.777. The standard InChI is InChI=1S/C7H5N3O2S/c11-7(12)6-9-5(3-13-6)10-2-1-8-4-10/h1-4H,(H,11,12). The molecule has 5 nitrogen and oxygen atoms in total. The van der Waals surface area contributed by atoms with Crippen LogP contribution in [-0.2, 0) is 0 Å². The number of carboxylic acids is 1. The average Bonchev–Trinajstić information content (AvgIpc) is 2.75. The van der Waals surface area contributed by atoms with Gasteiger partial charge in [-0.2, -0.15) is 0 Å². The second-order valence-electron chi connectivity index (χ2n) is 2.29. The van der Waals surface area contributed by atoms with Crippen LogP contribution in [0.5, 0.6) is 0 Å². The van der Waals surface area contributed by atoms with E-state index in [2.05, 4.69) is 9.97 Å². The van der Waals surface area contributed by atoms with Gasteiger partial charge in [0.1, 0.15) is 12.1 Å². The Kier molecular flexibility index (Phi) is 1.82. The highest BCUT2D eigenvalue weighted by Crippen LogP contribution is 2.12. The van der Waals surface area contributed by atoms with Crippen LogP contribution in [-0.4, -0.2) is 25.6 Å².